The lowest BCUT2D eigenvalue weighted by atomic mass is 9.97. The molecular weight excluding hydrogens is 220 g/mol. The molecule has 1 heterocycles. The Kier molecular flexibility index (Phi) is 9.59. The van der Waals surface area contributed by atoms with Gasteiger partial charge in [0.05, 0.1) is 0 Å². The molecule has 0 bridgehead atoms. The van der Waals surface area contributed by atoms with Gasteiger partial charge in [0.25, 0.3) is 0 Å². The molecule has 0 amide bonds. The lowest BCUT2D eigenvalue weighted by Gasteiger charge is -2.30. The minimum absolute atomic E-state index is 0.952. The van der Waals surface area contributed by atoms with Crippen molar-refractivity contribution in [2.45, 2.75) is 65.2 Å². The zero-order valence-corrected chi connectivity index (χ0v) is 12.7. The summed E-state index contributed by atoms with van der Waals surface area (Å²) in [6.07, 6.45) is 11.1. The standard InChI is InChI=1S/C16H34N2/c1-3-5-6-7-8-14-18(13-4-2)15-16-9-11-17-12-10-16/h16-17H,3-15H2,1-2H3. The lowest BCUT2D eigenvalue weighted by Crippen LogP contribution is -2.37. The fourth-order valence-electron chi connectivity index (χ4n) is 2.98. The molecule has 108 valence electrons. The van der Waals surface area contributed by atoms with Crippen LogP contribution in [0.3, 0.4) is 0 Å². The maximum absolute atomic E-state index is 3.47. The molecule has 0 aromatic carbocycles. The first-order valence-corrected chi connectivity index (χ1v) is 8.29. The second-order valence-corrected chi connectivity index (χ2v) is 5.91. The van der Waals surface area contributed by atoms with E-state index in [0.29, 0.717) is 0 Å². The van der Waals surface area contributed by atoms with Gasteiger partial charge < -0.3 is 10.2 Å². The Morgan fingerprint density at radius 2 is 1.61 bits per heavy atom. The summed E-state index contributed by atoms with van der Waals surface area (Å²) in [6.45, 7) is 11.1. The topological polar surface area (TPSA) is 15.3 Å². The maximum atomic E-state index is 3.47. The summed E-state index contributed by atoms with van der Waals surface area (Å²) < 4.78 is 0. The van der Waals surface area contributed by atoms with Crippen LogP contribution in [0, 0.1) is 5.92 Å². The minimum Gasteiger partial charge on any atom is -0.317 e. The quantitative estimate of drug-likeness (QED) is 0.598. The monoisotopic (exact) mass is 254 g/mol. The van der Waals surface area contributed by atoms with Crippen LogP contribution < -0.4 is 5.32 Å². The first kappa shape index (κ1) is 16.0. The number of rotatable bonds is 10. The van der Waals surface area contributed by atoms with Crippen molar-refractivity contribution in [3.63, 3.8) is 0 Å². The third kappa shape index (κ3) is 7.38. The highest BCUT2D eigenvalue weighted by atomic mass is 15.1. The van der Waals surface area contributed by atoms with Crippen LogP contribution >= 0.6 is 0 Å². The van der Waals surface area contributed by atoms with Crippen LogP contribution in [0.5, 0.6) is 0 Å². The van der Waals surface area contributed by atoms with Crippen molar-refractivity contribution < 1.29 is 0 Å². The Hall–Kier alpha value is -0.0800. The van der Waals surface area contributed by atoms with Crippen LogP contribution in [0.25, 0.3) is 0 Å². The summed E-state index contributed by atoms with van der Waals surface area (Å²) in [7, 11) is 0. The van der Waals surface area contributed by atoms with Crippen molar-refractivity contribution in [1.29, 1.82) is 0 Å². The minimum atomic E-state index is 0.952. The first-order chi connectivity index (χ1) is 8.86. The van der Waals surface area contributed by atoms with Crippen LogP contribution in [0.4, 0.5) is 0 Å². The number of hydrogen-bond donors (Lipinski definition) is 1. The second-order valence-electron chi connectivity index (χ2n) is 5.91. The number of piperidine rings is 1. The summed E-state index contributed by atoms with van der Waals surface area (Å²) in [5, 5.41) is 3.47. The molecule has 1 rings (SSSR count). The fraction of sp³-hybridized carbons (Fsp3) is 1.00. The molecule has 0 saturated carbocycles. The molecule has 1 saturated heterocycles. The molecule has 0 aromatic rings. The van der Waals surface area contributed by atoms with E-state index in [0.717, 1.165) is 5.92 Å². The van der Waals surface area contributed by atoms with Gasteiger partial charge in [-0.05, 0) is 57.8 Å². The molecule has 0 unspecified atom stereocenters. The van der Waals surface area contributed by atoms with Crippen molar-refractivity contribution >= 4 is 0 Å². The van der Waals surface area contributed by atoms with Gasteiger partial charge in [-0.1, -0.05) is 39.5 Å². The van der Waals surface area contributed by atoms with Crippen molar-refractivity contribution in [3.05, 3.63) is 0 Å². The van der Waals surface area contributed by atoms with Crippen LogP contribution in [0.1, 0.15) is 65.2 Å². The molecule has 0 aromatic heterocycles. The Bertz CT molecular complexity index is 176. The number of nitrogens with zero attached hydrogens (tertiary/aromatic N) is 1. The highest BCUT2D eigenvalue weighted by Crippen LogP contribution is 2.14. The molecule has 1 aliphatic heterocycles. The summed E-state index contributed by atoms with van der Waals surface area (Å²) in [4.78, 5) is 2.72. The van der Waals surface area contributed by atoms with E-state index >= 15 is 0 Å². The molecule has 18 heavy (non-hydrogen) atoms. The smallest absolute Gasteiger partial charge is 0.00106 e. The van der Waals surface area contributed by atoms with E-state index in [-0.39, 0.29) is 0 Å². The van der Waals surface area contributed by atoms with E-state index in [2.05, 4.69) is 24.1 Å². The van der Waals surface area contributed by atoms with Crippen molar-refractivity contribution in [2.75, 3.05) is 32.7 Å². The normalized spacial score (nSPS) is 17.5. The van der Waals surface area contributed by atoms with E-state index < -0.39 is 0 Å². The van der Waals surface area contributed by atoms with Gasteiger partial charge in [-0.15, -0.1) is 0 Å². The summed E-state index contributed by atoms with van der Waals surface area (Å²) >= 11 is 0. The molecule has 0 atom stereocenters. The lowest BCUT2D eigenvalue weighted by molar-refractivity contribution is 0.202. The number of hydrogen-bond acceptors (Lipinski definition) is 2. The number of nitrogens with one attached hydrogen (secondary N) is 1. The van der Waals surface area contributed by atoms with Gasteiger partial charge in [-0.2, -0.15) is 0 Å². The van der Waals surface area contributed by atoms with E-state index in [9.17, 15) is 0 Å². The molecule has 2 heteroatoms. The third-order valence-corrected chi connectivity index (χ3v) is 4.09. The molecule has 0 radical (unpaired) electrons. The molecule has 0 aliphatic carbocycles. The molecule has 1 N–H and O–H groups in total. The fourth-order valence-corrected chi connectivity index (χ4v) is 2.98. The predicted molar refractivity (Wildman–Crippen MR) is 81.1 cm³/mol. The third-order valence-electron chi connectivity index (χ3n) is 4.09. The van der Waals surface area contributed by atoms with Gasteiger partial charge in [-0.3, -0.25) is 0 Å². The van der Waals surface area contributed by atoms with Crippen LogP contribution in [-0.4, -0.2) is 37.6 Å². The van der Waals surface area contributed by atoms with Gasteiger partial charge in [0.1, 0.15) is 0 Å². The summed E-state index contributed by atoms with van der Waals surface area (Å²) in [6, 6.07) is 0. The molecule has 1 aliphatic rings. The highest BCUT2D eigenvalue weighted by Gasteiger charge is 2.16. The Balaban J connectivity index is 2.12. The van der Waals surface area contributed by atoms with E-state index in [1.54, 1.807) is 0 Å². The van der Waals surface area contributed by atoms with Gasteiger partial charge in [0, 0.05) is 6.54 Å². The molecular formula is C16H34N2. The van der Waals surface area contributed by atoms with Gasteiger partial charge in [-0.25, -0.2) is 0 Å². The van der Waals surface area contributed by atoms with Gasteiger partial charge in [0.15, 0.2) is 0 Å². The van der Waals surface area contributed by atoms with Crippen LogP contribution in [0.2, 0.25) is 0 Å². The summed E-state index contributed by atoms with van der Waals surface area (Å²) in [5.41, 5.74) is 0. The van der Waals surface area contributed by atoms with Crippen molar-refractivity contribution in [1.82, 2.24) is 10.2 Å². The molecule has 0 spiro atoms. The average Bonchev–Trinajstić information content (AvgIpc) is 2.40. The Morgan fingerprint density at radius 3 is 2.28 bits per heavy atom. The first-order valence-electron chi connectivity index (χ1n) is 8.29. The maximum Gasteiger partial charge on any atom is 0.00106 e. The predicted octanol–water partition coefficient (Wildman–Crippen LogP) is 3.67. The van der Waals surface area contributed by atoms with Gasteiger partial charge in [0.2, 0.25) is 0 Å². The van der Waals surface area contributed by atoms with Crippen molar-refractivity contribution in [2.24, 2.45) is 5.92 Å². The zero-order valence-electron chi connectivity index (χ0n) is 12.7. The summed E-state index contributed by atoms with van der Waals surface area (Å²) in [5.74, 6) is 0.952. The highest BCUT2D eigenvalue weighted by molar-refractivity contribution is 4.72. The zero-order chi connectivity index (χ0) is 13.1. The average molecular weight is 254 g/mol. The Labute approximate surface area is 115 Å². The second kappa shape index (κ2) is 10.8. The van der Waals surface area contributed by atoms with E-state index in [4.69, 9.17) is 0 Å². The molecule has 1 fully saturated rings. The van der Waals surface area contributed by atoms with Gasteiger partial charge >= 0.3 is 0 Å². The SMILES string of the molecule is CCCCCCCN(CCC)CC1CCNCC1. The van der Waals surface area contributed by atoms with Crippen LogP contribution in [0.15, 0.2) is 0 Å². The van der Waals surface area contributed by atoms with E-state index in [1.807, 2.05) is 0 Å². The Morgan fingerprint density at radius 1 is 0.889 bits per heavy atom. The van der Waals surface area contributed by atoms with E-state index in [1.165, 1.54) is 84.1 Å². The largest absolute Gasteiger partial charge is 0.317 e. The van der Waals surface area contributed by atoms with Crippen LogP contribution in [-0.2, 0) is 0 Å². The molecule has 2 nitrogen and oxygen atoms in total. The van der Waals surface area contributed by atoms with Crippen molar-refractivity contribution in [3.8, 4) is 0 Å². The number of unbranched alkanes of at least 4 members (excludes halogenated alkanes) is 4.